The normalized spacial score (nSPS) is 18.5. The Kier molecular flexibility index (Phi) is 59.6. The fourth-order valence-electron chi connectivity index (χ4n) is 11.7. The highest BCUT2D eigenvalue weighted by molar-refractivity contribution is 5.80. The minimum absolute atomic E-state index is 0.125. The number of allylic oxidation sites excluding steroid dienone is 7. The van der Waals surface area contributed by atoms with Crippen molar-refractivity contribution >= 4 is 11.9 Å². The van der Waals surface area contributed by atoms with Crippen molar-refractivity contribution in [2.45, 2.75) is 404 Å². The number of unbranched alkanes of at least 4 members (excludes halogenated alkanes) is 44. The van der Waals surface area contributed by atoms with Gasteiger partial charge in [-0.25, -0.2) is 0 Å². The molecule has 504 valence electrons. The predicted octanol–water partition coefficient (Wildman–Crippen LogP) is 19.1. The lowest BCUT2D eigenvalue weighted by Crippen LogP contribution is -2.61. The first-order valence-electron chi connectivity index (χ1n) is 36.9. The standard InChI is InChI=1S/C75H139NO10/c1-4-7-10-13-16-19-22-25-27-29-31-32-33-34-35-36-37-38-39-41-43-45-48-51-54-57-60-63-70(80)86-73-72(82)71(81)69(64-77)85-75(73)84-65-66(67(78)61-58-55-52-49-46-24-21-18-15-12-9-6-3)76-74(83)68(79)62-59-56-53-50-47-44-42-40-30-28-26-23-20-17-14-11-8-5-2/h16,19,25,27,31-32,58,61,66-69,71-73,75,77-79,81-82H,4-15,17-18,20-24,26,28-30,33-57,59-60,62-65H2,1-3H3,(H,76,83)/b19-16-,27-25-,32-31-,61-58+. The Morgan fingerprint density at radius 2 is 0.802 bits per heavy atom. The lowest BCUT2D eigenvalue weighted by Gasteiger charge is -2.41. The highest BCUT2D eigenvalue weighted by Crippen LogP contribution is 2.26. The summed E-state index contributed by atoms with van der Waals surface area (Å²) in [5, 5.41) is 57.3. The Bertz CT molecular complexity index is 1590. The van der Waals surface area contributed by atoms with Gasteiger partial charge in [-0.3, -0.25) is 9.59 Å². The molecule has 1 heterocycles. The highest BCUT2D eigenvalue weighted by atomic mass is 16.7. The number of aliphatic hydroxyl groups is 5. The van der Waals surface area contributed by atoms with Gasteiger partial charge in [-0.2, -0.15) is 0 Å². The van der Waals surface area contributed by atoms with E-state index >= 15 is 0 Å². The summed E-state index contributed by atoms with van der Waals surface area (Å²) < 4.78 is 17.7. The molecule has 1 fully saturated rings. The number of rotatable bonds is 64. The summed E-state index contributed by atoms with van der Waals surface area (Å²) in [5.74, 6) is -1.18. The van der Waals surface area contributed by atoms with Crippen molar-refractivity contribution in [3.05, 3.63) is 48.6 Å². The molecule has 11 nitrogen and oxygen atoms in total. The van der Waals surface area contributed by atoms with E-state index in [9.17, 15) is 35.1 Å². The van der Waals surface area contributed by atoms with Gasteiger partial charge >= 0.3 is 5.97 Å². The van der Waals surface area contributed by atoms with Crippen molar-refractivity contribution in [3.63, 3.8) is 0 Å². The third kappa shape index (κ3) is 49.4. The molecule has 0 aromatic heterocycles. The zero-order chi connectivity index (χ0) is 62.4. The van der Waals surface area contributed by atoms with E-state index in [2.05, 4.69) is 62.5 Å². The first-order chi connectivity index (χ1) is 42.2. The largest absolute Gasteiger partial charge is 0.454 e. The first kappa shape index (κ1) is 81.6. The average molecular weight is 1210 g/mol. The van der Waals surface area contributed by atoms with Crippen LogP contribution in [0.4, 0.5) is 0 Å². The van der Waals surface area contributed by atoms with E-state index < -0.39 is 67.4 Å². The van der Waals surface area contributed by atoms with Crippen molar-refractivity contribution in [3.8, 4) is 0 Å². The fourth-order valence-corrected chi connectivity index (χ4v) is 11.7. The molecule has 86 heavy (non-hydrogen) atoms. The van der Waals surface area contributed by atoms with Crippen LogP contribution >= 0.6 is 0 Å². The molecule has 11 heteroatoms. The summed E-state index contributed by atoms with van der Waals surface area (Å²) >= 11 is 0. The van der Waals surface area contributed by atoms with Gasteiger partial charge in [0.1, 0.15) is 24.4 Å². The number of nitrogens with one attached hydrogen (secondary N) is 1. The lowest BCUT2D eigenvalue weighted by atomic mass is 9.99. The molecule has 6 N–H and O–H groups in total. The molecule has 1 rings (SSSR count). The maximum absolute atomic E-state index is 13.5. The van der Waals surface area contributed by atoms with E-state index in [1.165, 1.54) is 238 Å². The SMILES string of the molecule is CCCCC/C=C\C/C=C\C/C=C\CCCCCCCCCCCCCCCCC(=O)OC1C(OCC(NC(=O)C(O)CCCCCCCCCCCCCCCCCCCC)C(O)/C=C/CCCCCCCCCCCC)OC(CO)C(O)C1O. The van der Waals surface area contributed by atoms with Crippen LogP contribution in [0.1, 0.15) is 355 Å². The molecule has 0 aromatic carbocycles. The summed E-state index contributed by atoms with van der Waals surface area (Å²) in [6, 6.07) is -1.02. The molecule has 0 bridgehead atoms. The van der Waals surface area contributed by atoms with Crippen LogP contribution in [0.25, 0.3) is 0 Å². The van der Waals surface area contributed by atoms with E-state index in [4.69, 9.17) is 14.2 Å². The third-order valence-corrected chi connectivity index (χ3v) is 17.5. The topological polar surface area (TPSA) is 175 Å². The summed E-state index contributed by atoms with van der Waals surface area (Å²) in [6.45, 7) is 5.82. The molecule has 0 aromatic rings. The molecule has 1 saturated heterocycles. The van der Waals surface area contributed by atoms with Crippen molar-refractivity contribution in [1.82, 2.24) is 5.32 Å². The monoisotopic (exact) mass is 1210 g/mol. The smallest absolute Gasteiger partial charge is 0.306 e. The summed E-state index contributed by atoms with van der Waals surface area (Å²) in [5.41, 5.74) is 0. The van der Waals surface area contributed by atoms with Crippen LogP contribution in [0.5, 0.6) is 0 Å². The molecular formula is C75H139NO10. The molecule has 0 spiro atoms. The number of hydrogen-bond donors (Lipinski definition) is 6. The maximum atomic E-state index is 13.5. The number of carbonyl (C=O) groups excluding carboxylic acids is 2. The molecule has 0 aliphatic carbocycles. The Labute approximate surface area is 529 Å². The molecule has 1 amide bonds. The van der Waals surface area contributed by atoms with Crippen LogP contribution in [0.2, 0.25) is 0 Å². The van der Waals surface area contributed by atoms with E-state index in [1.807, 2.05) is 6.08 Å². The van der Waals surface area contributed by atoms with Crippen LogP contribution in [-0.2, 0) is 23.8 Å². The minimum Gasteiger partial charge on any atom is -0.454 e. The van der Waals surface area contributed by atoms with Crippen molar-refractivity contribution in [2.24, 2.45) is 0 Å². The van der Waals surface area contributed by atoms with Gasteiger partial charge in [0.25, 0.3) is 0 Å². The van der Waals surface area contributed by atoms with Crippen molar-refractivity contribution in [2.75, 3.05) is 13.2 Å². The zero-order valence-corrected chi connectivity index (χ0v) is 56.2. The second-order valence-corrected chi connectivity index (χ2v) is 25.7. The average Bonchev–Trinajstić information content (AvgIpc) is 2.65. The maximum Gasteiger partial charge on any atom is 0.306 e. The van der Waals surface area contributed by atoms with E-state index in [-0.39, 0.29) is 13.0 Å². The van der Waals surface area contributed by atoms with E-state index in [0.717, 1.165) is 70.6 Å². The van der Waals surface area contributed by atoms with E-state index in [0.29, 0.717) is 19.3 Å². The number of amides is 1. The lowest BCUT2D eigenvalue weighted by molar-refractivity contribution is -0.305. The summed E-state index contributed by atoms with van der Waals surface area (Å²) in [7, 11) is 0. The second-order valence-electron chi connectivity index (χ2n) is 25.7. The first-order valence-corrected chi connectivity index (χ1v) is 36.9. The minimum atomic E-state index is -1.61. The van der Waals surface area contributed by atoms with Crippen LogP contribution in [0.3, 0.4) is 0 Å². The van der Waals surface area contributed by atoms with Gasteiger partial charge in [0, 0.05) is 6.42 Å². The fraction of sp³-hybridized carbons (Fsp3) is 0.867. The molecule has 8 unspecified atom stereocenters. The number of hydrogen-bond acceptors (Lipinski definition) is 10. The van der Waals surface area contributed by atoms with Gasteiger partial charge in [0.2, 0.25) is 5.91 Å². The molecule has 8 atom stereocenters. The molecule has 1 aliphatic heterocycles. The van der Waals surface area contributed by atoms with Gasteiger partial charge in [0.05, 0.1) is 25.4 Å². The summed E-state index contributed by atoms with van der Waals surface area (Å²) in [6.07, 6.45) is 68.7. The van der Waals surface area contributed by atoms with Crippen LogP contribution in [-0.4, -0.2) is 99.6 Å². The van der Waals surface area contributed by atoms with Gasteiger partial charge in [-0.15, -0.1) is 0 Å². The van der Waals surface area contributed by atoms with Crippen LogP contribution in [0, 0.1) is 0 Å². The number of carbonyl (C=O) groups is 2. The number of ether oxygens (including phenoxy) is 3. The zero-order valence-electron chi connectivity index (χ0n) is 56.2. The van der Waals surface area contributed by atoms with Crippen molar-refractivity contribution < 1.29 is 49.3 Å². The van der Waals surface area contributed by atoms with Crippen LogP contribution < -0.4 is 5.32 Å². The second kappa shape index (κ2) is 62.8. The van der Waals surface area contributed by atoms with Crippen LogP contribution in [0.15, 0.2) is 48.6 Å². The molecular weight excluding hydrogens is 1070 g/mol. The van der Waals surface area contributed by atoms with Gasteiger partial charge < -0.3 is 45.1 Å². The Hall–Kier alpha value is -2.38. The van der Waals surface area contributed by atoms with E-state index in [1.54, 1.807) is 6.08 Å². The van der Waals surface area contributed by atoms with Crippen molar-refractivity contribution in [1.29, 1.82) is 0 Å². The quantitative estimate of drug-likeness (QED) is 0.0195. The Morgan fingerprint density at radius 3 is 1.22 bits per heavy atom. The Balaban J connectivity index is 2.52. The molecule has 0 saturated carbocycles. The number of aliphatic hydroxyl groups excluding tert-OH is 5. The predicted molar refractivity (Wildman–Crippen MR) is 361 cm³/mol. The Morgan fingerprint density at radius 1 is 0.453 bits per heavy atom. The third-order valence-electron chi connectivity index (χ3n) is 17.5. The van der Waals surface area contributed by atoms with Gasteiger partial charge in [0.15, 0.2) is 12.4 Å². The van der Waals surface area contributed by atoms with Gasteiger partial charge in [-0.1, -0.05) is 333 Å². The highest BCUT2D eigenvalue weighted by Gasteiger charge is 2.47. The molecule has 1 aliphatic rings. The molecule has 0 radical (unpaired) electrons. The number of esters is 1. The summed E-state index contributed by atoms with van der Waals surface area (Å²) in [4.78, 5) is 26.7. The van der Waals surface area contributed by atoms with Gasteiger partial charge in [-0.05, 0) is 64.2 Å².